The van der Waals surface area contributed by atoms with Crippen molar-refractivity contribution in [3.8, 4) is 0 Å². The van der Waals surface area contributed by atoms with Gasteiger partial charge in [-0.15, -0.1) is 0 Å². The van der Waals surface area contributed by atoms with Gasteiger partial charge in [0, 0.05) is 19.5 Å². The van der Waals surface area contributed by atoms with Crippen LogP contribution in [0, 0.1) is 0 Å². The summed E-state index contributed by atoms with van der Waals surface area (Å²) >= 11 is 0. The second-order valence-corrected chi connectivity index (χ2v) is 6.12. The number of carbonyl (C=O) groups excluding carboxylic acids is 2. The number of nitrogens with zero attached hydrogens (tertiary/aromatic N) is 1. The van der Waals surface area contributed by atoms with Crippen LogP contribution >= 0.6 is 0 Å². The first kappa shape index (κ1) is 12.2. The van der Waals surface area contributed by atoms with Crippen LogP contribution in [0.1, 0.15) is 40.5 Å². The van der Waals surface area contributed by atoms with Crippen molar-refractivity contribution >= 4 is 12.0 Å². The minimum atomic E-state index is -0.483. The van der Waals surface area contributed by atoms with Gasteiger partial charge in [-0.1, -0.05) is 0 Å². The molecule has 2 bridgehead atoms. The highest BCUT2D eigenvalue weighted by Crippen LogP contribution is 2.44. The van der Waals surface area contributed by atoms with Crippen molar-refractivity contribution in [1.29, 1.82) is 0 Å². The quantitative estimate of drug-likeness (QED) is 0.751. The van der Waals surface area contributed by atoms with E-state index in [1.165, 1.54) is 0 Å². The van der Waals surface area contributed by atoms with Crippen LogP contribution < -0.4 is 5.32 Å². The summed E-state index contributed by atoms with van der Waals surface area (Å²) in [6.45, 7) is 7.70. The highest BCUT2D eigenvalue weighted by Gasteiger charge is 2.57. The van der Waals surface area contributed by atoms with Crippen LogP contribution in [-0.4, -0.2) is 40.6 Å². The number of hydrogen-bond acceptors (Lipinski definition) is 3. The van der Waals surface area contributed by atoms with Gasteiger partial charge in [0.05, 0.1) is 5.54 Å². The molecule has 2 aliphatic heterocycles. The lowest BCUT2D eigenvalue weighted by Gasteiger charge is -2.37. The van der Waals surface area contributed by atoms with Crippen LogP contribution in [0.4, 0.5) is 4.79 Å². The molecule has 2 heterocycles. The third-order valence-electron chi connectivity index (χ3n) is 3.34. The lowest BCUT2D eigenvalue weighted by atomic mass is 9.78. The van der Waals surface area contributed by atoms with Gasteiger partial charge >= 0.3 is 6.09 Å². The number of hydrogen-bond donors (Lipinski definition) is 1. The zero-order valence-electron chi connectivity index (χ0n) is 10.9. The third-order valence-corrected chi connectivity index (χ3v) is 3.34. The topological polar surface area (TPSA) is 58.6 Å². The Morgan fingerprint density at radius 2 is 1.94 bits per heavy atom. The van der Waals surface area contributed by atoms with Gasteiger partial charge in [0.1, 0.15) is 5.60 Å². The lowest BCUT2D eigenvalue weighted by Crippen LogP contribution is -2.55. The lowest BCUT2D eigenvalue weighted by molar-refractivity contribution is -0.128. The molecule has 0 radical (unpaired) electrons. The number of amides is 2. The second kappa shape index (κ2) is 3.62. The van der Waals surface area contributed by atoms with E-state index in [-0.39, 0.29) is 17.5 Å². The van der Waals surface area contributed by atoms with Crippen molar-refractivity contribution in [2.75, 3.05) is 6.54 Å². The Balaban J connectivity index is 1.90. The van der Waals surface area contributed by atoms with Gasteiger partial charge in [-0.3, -0.25) is 4.79 Å². The maximum Gasteiger partial charge on any atom is 0.408 e. The first-order valence-electron chi connectivity index (χ1n) is 5.99. The zero-order valence-corrected chi connectivity index (χ0v) is 10.9. The first-order valence-corrected chi connectivity index (χ1v) is 5.99. The third kappa shape index (κ3) is 2.37. The Morgan fingerprint density at radius 3 is 2.35 bits per heavy atom. The fourth-order valence-electron chi connectivity index (χ4n) is 2.68. The summed E-state index contributed by atoms with van der Waals surface area (Å²) in [4.78, 5) is 24.8. The van der Waals surface area contributed by atoms with Gasteiger partial charge < -0.3 is 15.0 Å². The molecule has 2 amide bonds. The number of alkyl carbamates (subject to hydrolysis) is 1. The van der Waals surface area contributed by atoms with Crippen LogP contribution in [0.15, 0.2) is 0 Å². The van der Waals surface area contributed by atoms with Gasteiger partial charge in [-0.2, -0.15) is 0 Å². The first-order chi connectivity index (χ1) is 7.71. The van der Waals surface area contributed by atoms with Crippen molar-refractivity contribution < 1.29 is 14.3 Å². The van der Waals surface area contributed by atoms with Crippen LogP contribution in [0.3, 0.4) is 0 Å². The molecule has 1 aliphatic carbocycles. The highest BCUT2D eigenvalue weighted by molar-refractivity contribution is 5.76. The molecule has 0 aromatic heterocycles. The molecule has 0 atom stereocenters. The summed E-state index contributed by atoms with van der Waals surface area (Å²) in [5.74, 6) is 0.0837. The van der Waals surface area contributed by atoms with Crippen LogP contribution in [-0.2, 0) is 9.53 Å². The molecule has 0 spiro atoms. The summed E-state index contributed by atoms with van der Waals surface area (Å²) in [5, 5.41) is 2.91. The molecular formula is C12H20N2O3. The van der Waals surface area contributed by atoms with Gasteiger partial charge in [-0.05, 0) is 33.6 Å². The van der Waals surface area contributed by atoms with Crippen LogP contribution in [0.5, 0.6) is 0 Å². The van der Waals surface area contributed by atoms with E-state index in [4.69, 9.17) is 4.74 Å². The smallest absolute Gasteiger partial charge is 0.408 e. The van der Waals surface area contributed by atoms with Crippen molar-refractivity contribution in [3.05, 3.63) is 0 Å². The predicted molar refractivity (Wildman–Crippen MR) is 62.5 cm³/mol. The Kier molecular flexibility index (Phi) is 2.60. The number of carbonyl (C=O) groups is 2. The molecule has 0 aromatic rings. The van der Waals surface area contributed by atoms with Crippen molar-refractivity contribution in [1.82, 2.24) is 10.2 Å². The highest BCUT2D eigenvalue weighted by atomic mass is 16.6. The van der Waals surface area contributed by atoms with E-state index in [1.807, 2.05) is 25.7 Å². The molecule has 3 fully saturated rings. The molecule has 2 saturated heterocycles. The minimum Gasteiger partial charge on any atom is -0.444 e. The molecule has 0 aromatic carbocycles. The van der Waals surface area contributed by atoms with Crippen LogP contribution in [0.25, 0.3) is 0 Å². The molecule has 0 unspecified atom stereocenters. The van der Waals surface area contributed by atoms with E-state index < -0.39 is 5.60 Å². The van der Waals surface area contributed by atoms with Gasteiger partial charge in [-0.25, -0.2) is 4.79 Å². The summed E-state index contributed by atoms with van der Waals surface area (Å²) in [5.41, 5.74) is -0.721. The van der Waals surface area contributed by atoms with Crippen LogP contribution in [0.2, 0.25) is 0 Å². The van der Waals surface area contributed by atoms with E-state index >= 15 is 0 Å². The molecule has 17 heavy (non-hydrogen) atoms. The molecule has 1 saturated carbocycles. The monoisotopic (exact) mass is 240 g/mol. The summed E-state index contributed by atoms with van der Waals surface area (Å²) in [6, 6.07) is 0.308. The Labute approximate surface area is 101 Å². The Bertz CT molecular complexity index is 353. The van der Waals surface area contributed by atoms with Gasteiger partial charge in [0.25, 0.3) is 0 Å². The van der Waals surface area contributed by atoms with Gasteiger partial charge in [0.2, 0.25) is 5.91 Å². The van der Waals surface area contributed by atoms with E-state index in [1.54, 1.807) is 6.92 Å². The molecule has 5 heteroatoms. The van der Waals surface area contributed by atoms with E-state index in [0.29, 0.717) is 12.6 Å². The number of fused-ring (bicyclic) bond motifs is 1. The standard InChI is InChI=1S/C12H20N2O3/c1-8(15)14-7-12(5-9(14)6-12)13-10(16)17-11(2,3)4/h9H,5-7H2,1-4H3,(H,13,16). The summed E-state index contributed by atoms with van der Waals surface area (Å²) in [7, 11) is 0. The predicted octanol–water partition coefficient (Wildman–Crippen LogP) is 1.27. The second-order valence-electron chi connectivity index (χ2n) is 6.12. The SMILES string of the molecule is CC(=O)N1CC2(NC(=O)OC(C)(C)C)CC1C2. The fraction of sp³-hybridized carbons (Fsp3) is 0.833. The summed E-state index contributed by atoms with van der Waals surface area (Å²) < 4.78 is 5.23. The average Bonchev–Trinajstić information content (AvgIpc) is 2.53. The number of nitrogens with one attached hydrogen (secondary N) is 1. The molecule has 1 N–H and O–H groups in total. The normalized spacial score (nSPS) is 30.8. The Hall–Kier alpha value is -1.26. The molecular weight excluding hydrogens is 220 g/mol. The number of ether oxygens (including phenoxy) is 1. The Morgan fingerprint density at radius 1 is 1.35 bits per heavy atom. The summed E-state index contributed by atoms with van der Waals surface area (Å²) in [6.07, 6.45) is 1.32. The van der Waals surface area contributed by atoms with E-state index in [0.717, 1.165) is 12.8 Å². The number of rotatable bonds is 1. The minimum absolute atomic E-state index is 0.0837. The maximum atomic E-state index is 11.7. The van der Waals surface area contributed by atoms with Gasteiger partial charge in [0.15, 0.2) is 0 Å². The van der Waals surface area contributed by atoms with E-state index in [2.05, 4.69) is 5.32 Å². The van der Waals surface area contributed by atoms with Crippen molar-refractivity contribution in [2.24, 2.45) is 0 Å². The zero-order chi connectivity index (χ0) is 12.8. The molecule has 5 nitrogen and oxygen atoms in total. The molecule has 96 valence electrons. The fourth-order valence-corrected chi connectivity index (χ4v) is 2.68. The average molecular weight is 240 g/mol. The van der Waals surface area contributed by atoms with Crippen molar-refractivity contribution in [3.63, 3.8) is 0 Å². The molecule has 3 rings (SSSR count). The maximum absolute atomic E-state index is 11.7. The van der Waals surface area contributed by atoms with Crippen molar-refractivity contribution in [2.45, 2.75) is 57.7 Å². The van der Waals surface area contributed by atoms with E-state index in [9.17, 15) is 9.59 Å². The molecule has 3 aliphatic rings. The largest absolute Gasteiger partial charge is 0.444 e.